The van der Waals surface area contributed by atoms with Gasteiger partial charge in [-0.15, -0.1) is 0 Å². The van der Waals surface area contributed by atoms with Crippen LogP contribution in [0.3, 0.4) is 0 Å². The summed E-state index contributed by atoms with van der Waals surface area (Å²) in [5, 5.41) is 4.69. The SMILES string of the molecule is c1ccc(-n2c3cc(-c4ccc5c6ccccc6n(-c6cc(-c7ccccn7)nc(-c7ccccn7)c6)c5c4)ccc3c3cccnc32)cc1. The minimum absolute atomic E-state index is 0.790. The van der Waals surface area contributed by atoms with Crippen LogP contribution in [0.1, 0.15) is 0 Å². The van der Waals surface area contributed by atoms with Crippen LogP contribution in [-0.2, 0) is 0 Å². The molecule has 0 radical (unpaired) electrons. The lowest BCUT2D eigenvalue weighted by atomic mass is 10.0. The van der Waals surface area contributed by atoms with E-state index in [1.165, 1.54) is 16.2 Å². The molecule has 10 aromatic rings. The molecule has 6 aromatic heterocycles. The van der Waals surface area contributed by atoms with Crippen molar-refractivity contribution < 1.29 is 0 Å². The first-order valence-electron chi connectivity index (χ1n) is 16.6. The van der Waals surface area contributed by atoms with Crippen LogP contribution in [0.15, 0.2) is 170 Å². The van der Waals surface area contributed by atoms with E-state index >= 15 is 0 Å². The number of fused-ring (bicyclic) bond motifs is 6. The second-order valence-electron chi connectivity index (χ2n) is 12.4. The number of hydrogen-bond acceptors (Lipinski definition) is 4. The fourth-order valence-electron chi connectivity index (χ4n) is 7.23. The predicted molar refractivity (Wildman–Crippen MR) is 203 cm³/mol. The van der Waals surface area contributed by atoms with Crippen LogP contribution in [0.2, 0.25) is 0 Å². The molecule has 0 saturated heterocycles. The zero-order valence-electron chi connectivity index (χ0n) is 26.8. The van der Waals surface area contributed by atoms with Gasteiger partial charge in [0, 0.05) is 45.8 Å². The van der Waals surface area contributed by atoms with Crippen molar-refractivity contribution in [2.75, 3.05) is 0 Å². The van der Waals surface area contributed by atoms with Crippen LogP contribution < -0.4 is 0 Å². The highest BCUT2D eigenvalue weighted by Crippen LogP contribution is 2.38. The van der Waals surface area contributed by atoms with Crippen molar-refractivity contribution in [2.24, 2.45) is 0 Å². The van der Waals surface area contributed by atoms with Crippen molar-refractivity contribution in [2.45, 2.75) is 0 Å². The first-order valence-corrected chi connectivity index (χ1v) is 16.6. The molecule has 0 aliphatic carbocycles. The molecular weight excluding hydrogens is 613 g/mol. The minimum atomic E-state index is 0.790. The summed E-state index contributed by atoms with van der Waals surface area (Å²) in [5.41, 5.74) is 11.9. The highest BCUT2D eigenvalue weighted by Gasteiger charge is 2.18. The van der Waals surface area contributed by atoms with Gasteiger partial charge in [-0.2, -0.15) is 0 Å². The molecule has 0 spiro atoms. The zero-order chi connectivity index (χ0) is 33.0. The lowest BCUT2D eigenvalue weighted by molar-refractivity contribution is 1.14. The van der Waals surface area contributed by atoms with Crippen molar-refractivity contribution in [1.82, 2.24) is 29.1 Å². The van der Waals surface area contributed by atoms with Gasteiger partial charge in [0.2, 0.25) is 0 Å². The molecule has 6 heteroatoms. The van der Waals surface area contributed by atoms with Crippen molar-refractivity contribution in [3.05, 3.63) is 170 Å². The molecule has 0 amide bonds. The summed E-state index contributed by atoms with van der Waals surface area (Å²) < 4.78 is 4.61. The minimum Gasteiger partial charge on any atom is -0.309 e. The van der Waals surface area contributed by atoms with Crippen LogP contribution >= 0.6 is 0 Å². The Bertz CT molecular complexity index is 2800. The molecule has 0 N–H and O–H groups in total. The first kappa shape index (κ1) is 28.1. The maximum absolute atomic E-state index is 5.04. The molecule has 0 bridgehead atoms. The van der Waals surface area contributed by atoms with Crippen LogP contribution in [0.25, 0.3) is 89.0 Å². The number of nitrogens with zero attached hydrogens (tertiary/aromatic N) is 6. The van der Waals surface area contributed by atoms with Gasteiger partial charge in [-0.05, 0) is 90.0 Å². The molecular formula is C44H28N6. The Balaban J connectivity index is 1.22. The molecule has 6 heterocycles. The second-order valence-corrected chi connectivity index (χ2v) is 12.4. The number of hydrogen-bond donors (Lipinski definition) is 0. The summed E-state index contributed by atoms with van der Waals surface area (Å²) in [7, 11) is 0. The molecule has 6 nitrogen and oxygen atoms in total. The van der Waals surface area contributed by atoms with E-state index < -0.39 is 0 Å². The van der Waals surface area contributed by atoms with E-state index in [9.17, 15) is 0 Å². The van der Waals surface area contributed by atoms with Crippen molar-refractivity contribution in [1.29, 1.82) is 0 Å². The quantitative estimate of drug-likeness (QED) is 0.188. The van der Waals surface area contributed by atoms with E-state index in [1.807, 2.05) is 54.7 Å². The topological polar surface area (TPSA) is 61.4 Å². The van der Waals surface area contributed by atoms with E-state index in [0.717, 1.165) is 72.9 Å². The third kappa shape index (κ3) is 4.50. The zero-order valence-corrected chi connectivity index (χ0v) is 26.8. The van der Waals surface area contributed by atoms with Crippen LogP contribution in [0.4, 0.5) is 0 Å². The Morgan fingerprint density at radius 2 is 0.900 bits per heavy atom. The van der Waals surface area contributed by atoms with Crippen molar-refractivity contribution in [3.63, 3.8) is 0 Å². The molecule has 4 aromatic carbocycles. The first-order chi connectivity index (χ1) is 24.8. The summed E-state index contributed by atoms with van der Waals surface area (Å²) in [6, 6.07) is 52.9. The van der Waals surface area contributed by atoms with Gasteiger partial charge < -0.3 is 4.57 Å². The predicted octanol–water partition coefficient (Wildman–Crippen LogP) is 10.5. The highest BCUT2D eigenvalue weighted by molar-refractivity contribution is 6.11. The Hall–Kier alpha value is -6.92. The average Bonchev–Trinajstić information content (AvgIpc) is 3.71. The maximum atomic E-state index is 5.04. The van der Waals surface area contributed by atoms with Crippen LogP contribution in [0.5, 0.6) is 0 Å². The van der Waals surface area contributed by atoms with E-state index in [0.29, 0.717) is 0 Å². The van der Waals surface area contributed by atoms with Crippen LogP contribution in [-0.4, -0.2) is 29.1 Å². The van der Waals surface area contributed by atoms with Gasteiger partial charge in [-0.25, -0.2) is 9.97 Å². The van der Waals surface area contributed by atoms with E-state index in [4.69, 9.17) is 9.97 Å². The third-order valence-corrected chi connectivity index (χ3v) is 9.47. The molecule has 0 aliphatic rings. The second kappa shape index (κ2) is 11.4. The van der Waals surface area contributed by atoms with Crippen LogP contribution in [0, 0.1) is 0 Å². The summed E-state index contributed by atoms with van der Waals surface area (Å²) in [6.45, 7) is 0. The summed E-state index contributed by atoms with van der Waals surface area (Å²) in [6.07, 6.45) is 5.48. The number of pyridine rings is 4. The summed E-state index contributed by atoms with van der Waals surface area (Å²) >= 11 is 0. The van der Waals surface area contributed by atoms with Gasteiger partial charge >= 0.3 is 0 Å². The fraction of sp³-hybridized carbons (Fsp3) is 0. The van der Waals surface area contributed by atoms with Gasteiger partial charge in [0.15, 0.2) is 0 Å². The Kier molecular flexibility index (Phi) is 6.39. The molecule has 0 aliphatic heterocycles. The van der Waals surface area contributed by atoms with E-state index in [2.05, 4.69) is 122 Å². The molecule has 10 rings (SSSR count). The van der Waals surface area contributed by atoms with Crippen molar-refractivity contribution in [3.8, 4) is 45.3 Å². The molecule has 50 heavy (non-hydrogen) atoms. The summed E-state index contributed by atoms with van der Waals surface area (Å²) in [5.74, 6) is 0. The molecule has 0 saturated carbocycles. The monoisotopic (exact) mass is 640 g/mol. The maximum Gasteiger partial charge on any atom is 0.145 e. The van der Waals surface area contributed by atoms with Gasteiger partial charge in [0.25, 0.3) is 0 Å². The van der Waals surface area contributed by atoms with E-state index in [-0.39, 0.29) is 0 Å². The normalized spacial score (nSPS) is 11.6. The van der Waals surface area contributed by atoms with Gasteiger partial charge in [0.1, 0.15) is 5.65 Å². The summed E-state index contributed by atoms with van der Waals surface area (Å²) in [4.78, 5) is 19.2. The van der Waals surface area contributed by atoms with Gasteiger partial charge in [0.05, 0.1) is 45.0 Å². The number of rotatable bonds is 5. The Labute approximate surface area is 287 Å². The van der Waals surface area contributed by atoms with Gasteiger partial charge in [-0.1, -0.05) is 72.8 Å². The van der Waals surface area contributed by atoms with Gasteiger partial charge in [-0.3, -0.25) is 14.5 Å². The molecule has 0 unspecified atom stereocenters. The standard InChI is InChI=1S/C44H28N6/c1-2-11-31(12-3-1)50-43-26-30(19-21-35(43)36-14-10-24-47-44(36)50)29-18-20-34-33-13-4-5-17-41(33)49(42(34)25-29)32-27-39(37-15-6-8-22-45-37)48-40(28-32)38-16-7-9-23-46-38/h1-28H. The fourth-order valence-corrected chi connectivity index (χ4v) is 7.23. The Morgan fingerprint density at radius 3 is 1.58 bits per heavy atom. The molecule has 234 valence electrons. The molecule has 0 atom stereocenters. The molecule has 0 fully saturated rings. The third-order valence-electron chi connectivity index (χ3n) is 9.47. The lowest BCUT2D eigenvalue weighted by Gasteiger charge is -2.13. The largest absolute Gasteiger partial charge is 0.309 e. The Morgan fingerprint density at radius 1 is 0.340 bits per heavy atom. The number of para-hydroxylation sites is 2. The number of benzene rings is 4. The smallest absolute Gasteiger partial charge is 0.145 e. The van der Waals surface area contributed by atoms with Crippen molar-refractivity contribution >= 4 is 43.7 Å². The highest BCUT2D eigenvalue weighted by atomic mass is 15.0. The average molecular weight is 641 g/mol. The lowest BCUT2D eigenvalue weighted by Crippen LogP contribution is -1.99. The van der Waals surface area contributed by atoms with E-state index in [1.54, 1.807) is 12.4 Å². The number of aromatic nitrogens is 6.